The molecule has 1 atom stereocenters. The molecule has 1 N–H and O–H groups in total. The maximum absolute atomic E-state index is 13.8. The first kappa shape index (κ1) is 24.3. The van der Waals surface area contributed by atoms with Gasteiger partial charge in [0.05, 0.1) is 18.8 Å². The van der Waals surface area contributed by atoms with Crippen LogP contribution in [0.4, 0.5) is 8.78 Å². The van der Waals surface area contributed by atoms with E-state index in [1.54, 1.807) is 6.07 Å². The Morgan fingerprint density at radius 1 is 1.28 bits per heavy atom. The molecule has 2 heterocycles. The van der Waals surface area contributed by atoms with E-state index in [0.717, 1.165) is 64.0 Å². The summed E-state index contributed by atoms with van der Waals surface area (Å²) < 4.78 is 38.8. The number of rotatable bonds is 7. The molecule has 8 heteroatoms. The van der Waals surface area contributed by atoms with Crippen LogP contribution in [0.15, 0.2) is 23.2 Å². The summed E-state index contributed by atoms with van der Waals surface area (Å²) >= 11 is 0. The van der Waals surface area contributed by atoms with Crippen molar-refractivity contribution < 1.29 is 18.3 Å². The van der Waals surface area contributed by atoms with Crippen LogP contribution in [-0.4, -0.2) is 62.5 Å². The molecule has 0 aromatic heterocycles. The third-order valence-electron chi connectivity index (χ3n) is 5.29. The average molecular weight is 523 g/mol. The van der Waals surface area contributed by atoms with Crippen LogP contribution in [0.2, 0.25) is 0 Å². The lowest BCUT2D eigenvalue weighted by molar-refractivity contribution is -0.0367. The number of piperidine rings is 1. The fourth-order valence-corrected chi connectivity index (χ4v) is 3.70. The van der Waals surface area contributed by atoms with Crippen molar-refractivity contribution in [2.45, 2.75) is 51.2 Å². The molecule has 0 bridgehead atoms. The number of likely N-dealkylation sites (tertiary alicyclic amines) is 1. The summed E-state index contributed by atoms with van der Waals surface area (Å²) in [5, 5.41) is 3.30. The Morgan fingerprint density at radius 3 is 2.76 bits per heavy atom. The quantitative estimate of drug-likeness (QED) is 0.336. The molecule has 2 aliphatic rings. The highest BCUT2D eigenvalue weighted by Crippen LogP contribution is 2.18. The Bertz CT molecular complexity index is 649. The molecule has 3 rings (SSSR count). The molecule has 0 spiro atoms. The molecule has 1 aromatic carbocycles. The van der Waals surface area contributed by atoms with Crippen LogP contribution in [0.5, 0.6) is 0 Å². The number of guanidine groups is 1. The molecule has 1 aromatic rings. The van der Waals surface area contributed by atoms with Crippen molar-refractivity contribution in [1.82, 2.24) is 10.2 Å². The molecule has 2 aliphatic heterocycles. The van der Waals surface area contributed by atoms with E-state index in [4.69, 9.17) is 9.47 Å². The zero-order chi connectivity index (χ0) is 19.8. The maximum Gasteiger partial charge on any atom is 0.193 e. The Labute approximate surface area is 189 Å². The highest BCUT2D eigenvalue weighted by Gasteiger charge is 2.24. The molecule has 0 aliphatic carbocycles. The van der Waals surface area contributed by atoms with Gasteiger partial charge in [0.2, 0.25) is 0 Å². The first-order valence-corrected chi connectivity index (χ1v) is 10.4. The van der Waals surface area contributed by atoms with Crippen LogP contribution in [0.3, 0.4) is 0 Å². The van der Waals surface area contributed by atoms with Gasteiger partial charge in [-0.05, 0) is 50.7 Å². The van der Waals surface area contributed by atoms with Gasteiger partial charge in [0.15, 0.2) is 17.6 Å². The fourth-order valence-electron chi connectivity index (χ4n) is 3.70. The van der Waals surface area contributed by atoms with E-state index >= 15 is 0 Å². The summed E-state index contributed by atoms with van der Waals surface area (Å²) in [5.41, 5.74) is 0.362. The van der Waals surface area contributed by atoms with Gasteiger partial charge in [-0.2, -0.15) is 0 Å². The highest BCUT2D eigenvalue weighted by molar-refractivity contribution is 14.0. The van der Waals surface area contributed by atoms with Gasteiger partial charge in [-0.15, -0.1) is 24.0 Å². The lowest BCUT2D eigenvalue weighted by Gasteiger charge is -2.34. The predicted octanol–water partition coefficient (Wildman–Crippen LogP) is 3.75. The van der Waals surface area contributed by atoms with Crippen molar-refractivity contribution in [3.63, 3.8) is 0 Å². The SMILES string of the molecule is CCNC(=NCCc1cccc(F)c1F)N1CCC(OCC2CCCO2)CC1.I. The van der Waals surface area contributed by atoms with Crippen molar-refractivity contribution in [2.75, 3.05) is 39.4 Å². The zero-order valence-electron chi connectivity index (χ0n) is 17.0. The van der Waals surface area contributed by atoms with Crippen LogP contribution in [0.1, 0.15) is 38.2 Å². The number of ether oxygens (including phenoxy) is 2. The van der Waals surface area contributed by atoms with E-state index < -0.39 is 11.6 Å². The molecule has 2 saturated heterocycles. The Morgan fingerprint density at radius 2 is 2.07 bits per heavy atom. The predicted molar refractivity (Wildman–Crippen MR) is 121 cm³/mol. The van der Waals surface area contributed by atoms with Gasteiger partial charge < -0.3 is 19.7 Å². The second-order valence-electron chi connectivity index (χ2n) is 7.35. The molecule has 0 amide bonds. The molecule has 0 radical (unpaired) electrons. The summed E-state index contributed by atoms with van der Waals surface area (Å²) in [5.74, 6) is -0.748. The molecular formula is C21H32F2IN3O2. The largest absolute Gasteiger partial charge is 0.376 e. The van der Waals surface area contributed by atoms with Crippen LogP contribution in [0.25, 0.3) is 0 Å². The Kier molecular flexibility index (Phi) is 10.6. The third kappa shape index (κ3) is 7.32. The van der Waals surface area contributed by atoms with E-state index in [-0.39, 0.29) is 36.2 Å². The minimum Gasteiger partial charge on any atom is -0.376 e. The Balaban J connectivity index is 0.00000300. The summed E-state index contributed by atoms with van der Waals surface area (Å²) in [6.45, 7) is 6.50. The minimum absolute atomic E-state index is 0. The van der Waals surface area contributed by atoms with E-state index in [1.165, 1.54) is 6.07 Å². The van der Waals surface area contributed by atoms with E-state index in [2.05, 4.69) is 15.2 Å². The monoisotopic (exact) mass is 523 g/mol. The molecule has 5 nitrogen and oxygen atoms in total. The van der Waals surface area contributed by atoms with Crippen molar-refractivity contribution in [3.8, 4) is 0 Å². The topological polar surface area (TPSA) is 46.1 Å². The van der Waals surface area contributed by atoms with Gasteiger partial charge in [-0.3, -0.25) is 4.99 Å². The number of nitrogens with one attached hydrogen (secondary N) is 1. The van der Waals surface area contributed by atoms with E-state index in [1.807, 2.05) is 6.92 Å². The summed E-state index contributed by atoms with van der Waals surface area (Å²) in [7, 11) is 0. The fraction of sp³-hybridized carbons (Fsp3) is 0.667. The van der Waals surface area contributed by atoms with Crippen LogP contribution in [-0.2, 0) is 15.9 Å². The lowest BCUT2D eigenvalue weighted by Crippen LogP contribution is -2.47. The van der Waals surface area contributed by atoms with Crippen molar-refractivity contribution in [2.24, 2.45) is 4.99 Å². The second kappa shape index (κ2) is 12.6. The number of benzene rings is 1. The normalized spacial score (nSPS) is 20.6. The molecule has 1 unspecified atom stereocenters. The van der Waals surface area contributed by atoms with Crippen molar-refractivity contribution in [3.05, 3.63) is 35.4 Å². The average Bonchev–Trinajstić information content (AvgIpc) is 3.23. The molecule has 2 fully saturated rings. The summed E-state index contributed by atoms with van der Waals surface area (Å²) in [6, 6.07) is 4.28. The van der Waals surface area contributed by atoms with Gasteiger partial charge >= 0.3 is 0 Å². The van der Waals surface area contributed by atoms with Gasteiger partial charge in [0, 0.05) is 32.8 Å². The van der Waals surface area contributed by atoms with Gasteiger partial charge in [0.1, 0.15) is 0 Å². The number of nitrogens with zero attached hydrogens (tertiary/aromatic N) is 2. The number of hydrogen-bond acceptors (Lipinski definition) is 3. The zero-order valence-corrected chi connectivity index (χ0v) is 19.4. The van der Waals surface area contributed by atoms with E-state index in [0.29, 0.717) is 25.1 Å². The first-order chi connectivity index (χ1) is 13.7. The maximum atomic E-state index is 13.8. The standard InChI is InChI=1S/C21H31F2N3O2.HI/c1-2-24-21(25-11-8-16-5-3-7-19(22)20(16)23)26-12-9-17(10-13-26)28-15-18-6-4-14-27-18;/h3,5,7,17-18H,2,4,6,8-15H2,1H3,(H,24,25);1H. The third-order valence-corrected chi connectivity index (χ3v) is 5.29. The summed E-state index contributed by atoms with van der Waals surface area (Å²) in [6.07, 6.45) is 5.05. The van der Waals surface area contributed by atoms with Crippen molar-refractivity contribution >= 4 is 29.9 Å². The molecular weight excluding hydrogens is 491 g/mol. The second-order valence-corrected chi connectivity index (χ2v) is 7.35. The van der Waals surface area contributed by atoms with Crippen molar-refractivity contribution in [1.29, 1.82) is 0 Å². The number of halogens is 3. The van der Waals surface area contributed by atoms with Gasteiger partial charge in [0.25, 0.3) is 0 Å². The number of aliphatic imine (C=N–C) groups is 1. The first-order valence-electron chi connectivity index (χ1n) is 10.4. The van der Waals surface area contributed by atoms with Gasteiger partial charge in [-0.1, -0.05) is 12.1 Å². The minimum atomic E-state index is -0.807. The highest BCUT2D eigenvalue weighted by atomic mass is 127. The van der Waals surface area contributed by atoms with E-state index in [9.17, 15) is 8.78 Å². The molecule has 29 heavy (non-hydrogen) atoms. The molecule has 0 saturated carbocycles. The number of hydrogen-bond donors (Lipinski definition) is 1. The smallest absolute Gasteiger partial charge is 0.193 e. The Hall–Kier alpha value is -1.00. The van der Waals surface area contributed by atoms with Gasteiger partial charge in [-0.25, -0.2) is 8.78 Å². The van der Waals surface area contributed by atoms with Crippen LogP contribution < -0.4 is 5.32 Å². The lowest BCUT2D eigenvalue weighted by atomic mass is 10.1. The van der Waals surface area contributed by atoms with Crippen LogP contribution >= 0.6 is 24.0 Å². The van der Waals surface area contributed by atoms with Crippen LogP contribution in [0, 0.1) is 11.6 Å². The summed E-state index contributed by atoms with van der Waals surface area (Å²) in [4.78, 5) is 6.84. The molecule has 164 valence electrons.